The third-order valence-electron chi connectivity index (χ3n) is 23.4. The fourth-order valence-corrected chi connectivity index (χ4v) is 23.0. The van der Waals surface area contributed by atoms with E-state index in [1.54, 1.807) is 0 Å². The van der Waals surface area contributed by atoms with E-state index in [0.717, 1.165) is 50.0 Å². The molecule has 13 amide bonds. The number of urea groups is 2. The van der Waals surface area contributed by atoms with Crippen molar-refractivity contribution in [2.45, 2.75) is 272 Å². The minimum absolute atomic E-state index is 0.00125. The van der Waals surface area contributed by atoms with E-state index in [0.29, 0.717) is 248 Å². The summed E-state index contributed by atoms with van der Waals surface area (Å²) in [5.41, 5.74) is 0. The smallest absolute Gasteiger partial charge is 0.379 e. The van der Waals surface area contributed by atoms with Crippen molar-refractivity contribution >= 4 is 141 Å². The molecule has 7 aliphatic rings. The number of ketones is 1. The minimum Gasteiger partial charge on any atom is -0.379 e. The third-order valence-corrected chi connectivity index (χ3v) is 31.0. The predicted molar refractivity (Wildman–Crippen MR) is 483 cm³/mol. The lowest BCUT2D eigenvalue weighted by Crippen LogP contribution is -2.54. The maximum Gasteiger partial charge on any atom is 0.500 e. The van der Waals surface area contributed by atoms with E-state index in [2.05, 4.69) is 69.1 Å². The van der Waals surface area contributed by atoms with Gasteiger partial charge in [0, 0.05) is 183 Å². The largest absolute Gasteiger partial charge is 0.500 e. The number of hydrogen-bond donors (Lipinski definition) is 15. The summed E-state index contributed by atoms with van der Waals surface area (Å²) >= 11 is 3.66. The molecular weight excluding hydrogens is 1760 g/mol. The molecule has 0 spiro atoms. The van der Waals surface area contributed by atoms with E-state index in [1.807, 2.05) is 59.0 Å². The van der Waals surface area contributed by atoms with Crippen LogP contribution in [0.1, 0.15) is 207 Å². The van der Waals surface area contributed by atoms with Crippen LogP contribution >= 0.6 is 23.5 Å². The van der Waals surface area contributed by atoms with Crippen LogP contribution in [-0.2, 0) is 90.9 Å². The zero-order valence-corrected chi connectivity index (χ0v) is 78.7. The first-order valence-corrected chi connectivity index (χ1v) is 53.1. The second-order valence-corrected chi connectivity index (χ2v) is 41.8. The lowest BCUT2D eigenvalue weighted by Gasteiger charge is -2.36. The molecule has 0 saturated carbocycles. The van der Waals surface area contributed by atoms with Gasteiger partial charge in [0.15, 0.2) is 0 Å². The Balaban J connectivity index is 0.819. The molecule has 42 nitrogen and oxygen atoms in total. The van der Waals surface area contributed by atoms with E-state index in [1.165, 1.54) is 0 Å². The van der Waals surface area contributed by atoms with Crippen LogP contribution in [0.2, 0.25) is 6.04 Å². The highest BCUT2D eigenvalue weighted by Crippen LogP contribution is 2.35. The number of Topliss-reactive ketones (excluding diaryl/α,β-unsaturated/α-hetero) is 1. The predicted octanol–water partition coefficient (Wildman–Crippen LogP) is 1.54. The number of thioether (sulfide) groups is 2. The maximum atomic E-state index is 14.2. The molecule has 0 aromatic carbocycles. The Morgan fingerprint density at radius 2 is 0.836 bits per heavy atom. The van der Waals surface area contributed by atoms with Crippen LogP contribution in [0.15, 0.2) is 0 Å². The second kappa shape index (κ2) is 56.3. The molecule has 7 fully saturated rings. The number of hydrogen-bond acceptors (Lipinski definition) is 29. The number of ether oxygens (including phenoxy) is 2. The highest BCUT2D eigenvalue weighted by Gasteiger charge is 2.45. The van der Waals surface area contributed by atoms with Gasteiger partial charge in [-0.25, -0.2) is 9.59 Å². The van der Waals surface area contributed by atoms with E-state index in [-0.39, 0.29) is 91.6 Å². The number of carbonyl (C=O) groups is 12. The van der Waals surface area contributed by atoms with Gasteiger partial charge in [-0.1, -0.05) is 25.7 Å². The molecule has 8 rings (SSSR count). The van der Waals surface area contributed by atoms with Gasteiger partial charge >= 0.3 is 20.9 Å². The summed E-state index contributed by atoms with van der Waals surface area (Å²) in [6.45, 7) is 10.9. The van der Waals surface area contributed by atoms with Gasteiger partial charge in [-0.15, -0.1) is 0 Å². The van der Waals surface area contributed by atoms with Gasteiger partial charge in [0.2, 0.25) is 71.0 Å². The summed E-state index contributed by atoms with van der Waals surface area (Å²) in [6.07, 6.45) is 13.0. The van der Waals surface area contributed by atoms with Crippen LogP contribution < -0.4 is 83.8 Å². The van der Waals surface area contributed by atoms with Crippen molar-refractivity contribution in [2.75, 3.05) is 156 Å². The zero-order chi connectivity index (χ0) is 92.3. The molecule has 128 heavy (non-hydrogen) atoms. The van der Waals surface area contributed by atoms with Gasteiger partial charge in [0.1, 0.15) is 17.9 Å². The van der Waals surface area contributed by atoms with E-state index < -0.39 is 126 Å². The van der Waals surface area contributed by atoms with Gasteiger partial charge in [0.05, 0.1) is 68.3 Å². The van der Waals surface area contributed by atoms with E-state index in [9.17, 15) is 83.5 Å². The Morgan fingerprint density at radius 3 is 1.27 bits per heavy atom. The van der Waals surface area contributed by atoms with Crippen LogP contribution in [-0.4, -0.2) is 321 Å². The molecule has 8 heterocycles. The van der Waals surface area contributed by atoms with Gasteiger partial charge < -0.3 is 107 Å². The van der Waals surface area contributed by atoms with Crippen molar-refractivity contribution < 1.29 is 106 Å². The van der Waals surface area contributed by atoms with Crippen LogP contribution in [0.5, 0.6) is 0 Å². The van der Waals surface area contributed by atoms with Crippen LogP contribution in [0.25, 0.3) is 0 Å². The first kappa shape index (κ1) is 106. The molecule has 7 aliphatic heterocycles. The lowest BCUT2D eigenvalue weighted by molar-refractivity contribution is -0.132. The molecule has 724 valence electrons. The third kappa shape index (κ3) is 39.4. The SMILES string of the molecule is CCO[Si](CCCCC(=O)CCCOCCOCCNC(=O)C1CCN(c2nc(N3CCC(NC(=O)C(CC(=O)NCCS(=O)(=O)O)NC(=O)CCCCCNC(=O)CCCCC4SC[C@@H]5NC(=O)N[C@H]45)CC3)nc(N3CCC(NC(=O)C(CC(=O)NCCS(=O)(=O)O)NC(=O)CCCCCNC(=O)CCCCC4SC[C@H]5NC(=O)N[C@@H]45)CC3)n2)CC1)(OCC)OCC. The average molecular weight is 1900 g/mol. The molecule has 0 aliphatic carbocycles. The second-order valence-electron chi connectivity index (χ2n) is 33.4. The van der Waals surface area contributed by atoms with Gasteiger partial charge in [-0.05, 0) is 130 Å². The first-order chi connectivity index (χ1) is 61.5. The fraction of sp³-hybridized carbons (Fsp3) is 0.815. The molecule has 0 bridgehead atoms. The van der Waals surface area contributed by atoms with Crippen LogP contribution in [0, 0.1) is 5.92 Å². The fourth-order valence-electron chi connectivity index (χ4n) is 16.5. The van der Waals surface area contributed by atoms with Crippen molar-refractivity contribution in [1.82, 2.24) is 84.1 Å². The summed E-state index contributed by atoms with van der Waals surface area (Å²) in [5, 5.41) is 37.5. The van der Waals surface area contributed by atoms with Crippen molar-refractivity contribution in [2.24, 2.45) is 5.92 Å². The normalized spacial score (nSPS) is 20.2. The molecule has 1 aromatic heterocycles. The number of aromatic nitrogens is 3. The Bertz CT molecular complexity index is 3760. The highest BCUT2D eigenvalue weighted by molar-refractivity contribution is 8.00. The number of amides is 13. The van der Waals surface area contributed by atoms with Gasteiger partial charge in [-0.3, -0.25) is 57.1 Å². The number of rotatable bonds is 63. The number of nitrogens with one attached hydrogen (secondary N) is 13. The molecule has 47 heteroatoms. The standard InChI is InChI=1S/C81H139N19O23S4Si/c1-4-121-128(122-5-2,123-6-3)51-18-15-20-59(101)21-19-45-119-47-48-120-46-36-86-74(108)56-28-39-98(40-29-56)77-95-78(99-41-30-57(31-42-99)87-75(109)60(52-70(106)84-37-49-126(113,114)115)89-68(104)26-9-7-16-34-82-66(102)24-13-11-22-64-72-62(54-124-64)91-80(111)93-72)97-79(96-77)100-43-32-58(33-44-100)88-76(110)61(53-71(107)85-38-50-127(116,117)118)90-69(105)27-10-8-17-35-83-67(103)25-14-12-23-65-73-63(55-125-65)92-81(112)94-73/h56-58,60-65,72-73H,4-55H2,1-3H3,(H,82,102)(H,83,103)(H,84,106)(H,85,107)(H,86,108)(H,87,109)(H,88,110)(H,89,104)(H,90,105)(H2,91,93,111)(H2,92,94,112)(H,113,114,115)(H,116,117,118)/t60?,61?,62-,63+,64?,65?,72-,73+. The Morgan fingerprint density at radius 1 is 0.445 bits per heavy atom. The topological polar surface area (TPSA) is 565 Å². The van der Waals surface area contributed by atoms with Gasteiger partial charge in [-0.2, -0.15) is 55.3 Å². The Labute approximate surface area is 761 Å². The summed E-state index contributed by atoms with van der Waals surface area (Å²) < 4.78 is 93.7. The maximum absolute atomic E-state index is 14.2. The number of fused-ring (bicyclic) bond motifs is 2. The first-order valence-electron chi connectivity index (χ1n) is 45.9. The lowest BCUT2D eigenvalue weighted by atomic mass is 9.96. The monoisotopic (exact) mass is 1900 g/mol. The van der Waals surface area contributed by atoms with E-state index >= 15 is 0 Å². The van der Waals surface area contributed by atoms with Crippen molar-refractivity contribution in [3.63, 3.8) is 0 Å². The van der Waals surface area contributed by atoms with Crippen LogP contribution in [0.4, 0.5) is 27.4 Å². The number of unbranched alkanes of at least 4 members (excludes halogenated alkanes) is 7. The zero-order valence-electron chi connectivity index (χ0n) is 74.4. The summed E-state index contributed by atoms with van der Waals surface area (Å²) in [4.78, 5) is 178. The van der Waals surface area contributed by atoms with Crippen molar-refractivity contribution in [3.8, 4) is 0 Å². The minimum atomic E-state index is -4.43. The number of piperidine rings is 3. The summed E-state index contributed by atoms with van der Waals surface area (Å²) in [7, 11) is -11.6. The van der Waals surface area contributed by atoms with Crippen molar-refractivity contribution in [3.05, 3.63) is 0 Å². The average Bonchev–Trinajstić information content (AvgIpc) is 1.14. The summed E-state index contributed by atoms with van der Waals surface area (Å²) in [6, 6.07) is -2.77. The number of nitrogens with zero attached hydrogens (tertiary/aromatic N) is 6. The molecule has 8 atom stereocenters. The number of carbonyl (C=O) groups excluding carboxylic acids is 12. The molecule has 0 radical (unpaired) electrons. The Kier molecular flexibility index (Phi) is 46.5. The highest BCUT2D eigenvalue weighted by atomic mass is 32.2. The van der Waals surface area contributed by atoms with E-state index in [4.69, 9.17) is 37.7 Å². The number of anilines is 3. The molecular formula is C81H139N19O23S4Si. The van der Waals surface area contributed by atoms with Gasteiger partial charge in [0.25, 0.3) is 20.2 Å². The summed E-state index contributed by atoms with van der Waals surface area (Å²) in [5.74, 6) is -3.09. The molecule has 7 saturated heterocycles. The van der Waals surface area contributed by atoms with Crippen molar-refractivity contribution in [1.29, 1.82) is 0 Å². The van der Waals surface area contributed by atoms with Crippen LogP contribution in [0.3, 0.4) is 0 Å². The molecule has 1 aromatic rings. The Hall–Kier alpha value is -7.61. The quantitative estimate of drug-likeness (QED) is 0.0190. The molecule has 15 N–H and O–H groups in total. The molecule has 4 unspecified atom stereocenters.